The van der Waals surface area contributed by atoms with Crippen LogP contribution >= 0.6 is 11.6 Å². The summed E-state index contributed by atoms with van der Waals surface area (Å²) >= 11 is 5.56. The molecule has 0 saturated heterocycles. The van der Waals surface area contributed by atoms with Crippen molar-refractivity contribution in [1.82, 2.24) is 0 Å². The Kier molecular flexibility index (Phi) is 5.85. The summed E-state index contributed by atoms with van der Waals surface area (Å²) in [6, 6.07) is 10.0. The molecule has 0 aliphatic carbocycles. The monoisotopic (exact) mass is 398 g/mol. The van der Waals surface area contributed by atoms with Gasteiger partial charge in [0.1, 0.15) is 5.41 Å². The van der Waals surface area contributed by atoms with Crippen molar-refractivity contribution in [2.75, 3.05) is 10.6 Å². The maximum atomic E-state index is 12.9. The lowest BCUT2D eigenvalue weighted by atomic mass is 9.90. The van der Waals surface area contributed by atoms with E-state index >= 15 is 0 Å². The van der Waals surface area contributed by atoms with Crippen molar-refractivity contribution in [3.05, 3.63) is 58.6 Å². The summed E-state index contributed by atoms with van der Waals surface area (Å²) < 4.78 is 38.8. The van der Waals surface area contributed by atoms with Gasteiger partial charge in [0, 0.05) is 11.4 Å². The summed E-state index contributed by atoms with van der Waals surface area (Å²) in [6.45, 7) is 4.62. The smallest absolute Gasteiger partial charge is 0.325 e. The minimum absolute atomic E-state index is 0.104. The standard InChI is InChI=1S/C19H18ClF3N2O2/c1-11-5-4-6-12(9-11)24-16(26)18(2,3)17(27)25-13-7-8-15(20)14(10-13)19(21,22)23/h4-10H,1-3H3,(H,24,26)(H,25,27). The van der Waals surface area contributed by atoms with Gasteiger partial charge in [-0.15, -0.1) is 0 Å². The zero-order chi connectivity index (χ0) is 20.4. The largest absolute Gasteiger partial charge is 0.417 e. The molecule has 0 atom stereocenters. The van der Waals surface area contributed by atoms with Crippen LogP contribution in [0.15, 0.2) is 42.5 Å². The van der Waals surface area contributed by atoms with Gasteiger partial charge in [-0.05, 0) is 56.7 Å². The van der Waals surface area contributed by atoms with Crippen molar-refractivity contribution in [1.29, 1.82) is 0 Å². The highest BCUT2D eigenvalue weighted by atomic mass is 35.5. The summed E-state index contributed by atoms with van der Waals surface area (Å²) in [6.07, 6.45) is -4.66. The number of benzene rings is 2. The van der Waals surface area contributed by atoms with Gasteiger partial charge in [0.2, 0.25) is 11.8 Å². The lowest BCUT2D eigenvalue weighted by molar-refractivity contribution is -0.138. The molecular weight excluding hydrogens is 381 g/mol. The number of carbonyl (C=O) groups excluding carboxylic acids is 2. The van der Waals surface area contributed by atoms with E-state index in [0.717, 1.165) is 17.7 Å². The molecule has 0 heterocycles. The Morgan fingerprint density at radius 3 is 2.00 bits per heavy atom. The topological polar surface area (TPSA) is 58.2 Å². The van der Waals surface area contributed by atoms with E-state index in [4.69, 9.17) is 11.6 Å². The van der Waals surface area contributed by atoms with Crippen molar-refractivity contribution >= 4 is 34.8 Å². The molecule has 2 rings (SSSR count). The van der Waals surface area contributed by atoms with Crippen LogP contribution in [-0.4, -0.2) is 11.8 Å². The zero-order valence-corrected chi connectivity index (χ0v) is 15.6. The summed E-state index contributed by atoms with van der Waals surface area (Å²) in [5.41, 5.74) is -1.25. The third kappa shape index (κ3) is 5.01. The molecule has 0 aromatic heterocycles. The number of hydrogen-bond acceptors (Lipinski definition) is 2. The van der Waals surface area contributed by atoms with Gasteiger partial charge in [0.15, 0.2) is 0 Å². The number of halogens is 4. The van der Waals surface area contributed by atoms with Crippen molar-refractivity contribution in [3.63, 3.8) is 0 Å². The van der Waals surface area contributed by atoms with Crippen LogP contribution in [0.2, 0.25) is 5.02 Å². The number of aryl methyl sites for hydroxylation is 1. The zero-order valence-electron chi connectivity index (χ0n) is 14.9. The van der Waals surface area contributed by atoms with Gasteiger partial charge >= 0.3 is 6.18 Å². The summed E-state index contributed by atoms with van der Waals surface area (Å²) in [4.78, 5) is 25.0. The molecule has 8 heteroatoms. The SMILES string of the molecule is Cc1cccc(NC(=O)C(C)(C)C(=O)Nc2ccc(Cl)c(C(F)(F)F)c2)c1. The number of nitrogens with one attached hydrogen (secondary N) is 2. The molecule has 2 aromatic rings. The molecule has 0 spiro atoms. The minimum atomic E-state index is -4.66. The van der Waals surface area contributed by atoms with Gasteiger partial charge in [0.25, 0.3) is 0 Å². The van der Waals surface area contributed by atoms with Crippen molar-refractivity contribution in [2.24, 2.45) is 5.41 Å². The molecule has 0 radical (unpaired) electrons. The van der Waals surface area contributed by atoms with Crippen molar-refractivity contribution in [3.8, 4) is 0 Å². The second-order valence-corrected chi connectivity index (χ2v) is 7.00. The summed E-state index contributed by atoms with van der Waals surface area (Å²) in [5, 5.41) is 4.50. The lowest BCUT2D eigenvalue weighted by Gasteiger charge is -2.23. The van der Waals surface area contributed by atoms with Gasteiger partial charge in [-0.1, -0.05) is 23.7 Å². The van der Waals surface area contributed by atoms with Crippen molar-refractivity contribution < 1.29 is 22.8 Å². The third-order valence-corrected chi connectivity index (χ3v) is 4.27. The average molecular weight is 399 g/mol. The van der Waals surface area contributed by atoms with E-state index in [-0.39, 0.29) is 5.69 Å². The molecule has 2 amide bonds. The molecule has 144 valence electrons. The number of anilines is 2. The fourth-order valence-electron chi connectivity index (χ4n) is 2.22. The van der Waals surface area contributed by atoms with Crippen LogP contribution in [-0.2, 0) is 15.8 Å². The number of rotatable bonds is 4. The first-order valence-electron chi connectivity index (χ1n) is 7.97. The van der Waals surface area contributed by atoms with E-state index in [1.54, 1.807) is 18.2 Å². The number of amides is 2. The van der Waals surface area contributed by atoms with E-state index in [1.807, 2.05) is 13.0 Å². The van der Waals surface area contributed by atoms with Gasteiger partial charge in [0.05, 0.1) is 10.6 Å². The van der Waals surface area contributed by atoms with Crippen LogP contribution in [0.25, 0.3) is 0 Å². The molecule has 2 N–H and O–H groups in total. The first-order chi connectivity index (χ1) is 12.4. The Hall–Kier alpha value is -2.54. The Bertz CT molecular complexity index is 879. The quantitative estimate of drug-likeness (QED) is 0.689. The van der Waals surface area contributed by atoms with Gasteiger partial charge in [-0.3, -0.25) is 9.59 Å². The normalized spacial score (nSPS) is 11.8. The van der Waals surface area contributed by atoms with Crippen LogP contribution in [0, 0.1) is 12.3 Å². The third-order valence-electron chi connectivity index (χ3n) is 3.94. The average Bonchev–Trinajstić information content (AvgIpc) is 2.55. The van der Waals surface area contributed by atoms with Crippen molar-refractivity contribution in [2.45, 2.75) is 26.9 Å². The first kappa shape index (κ1) is 20.8. The highest BCUT2D eigenvalue weighted by Gasteiger charge is 2.37. The molecule has 0 saturated carbocycles. The van der Waals surface area contributed by atoms with Crippen LogP contribution < -0.4 is 10.6 Å². The predicted octanol–water partition coefficient (Wildman–Crippen LogP) is 5.27. The van der Waals surface area contributed by atoms with Gasteiger partial charge in [-0.25, -0.2) is 0 Å². The number of carbonyl (C=O) groups is 2. The summed E-state index contributed by atoms with van der Waals surface area (Å²) in [7, 11) is 0. The van der Waals surface area contributed by atoms with Crippen LogP contribution in [0.3, 0.4) is 0 Å². The summed E-state index contributed by atoms with van der Waals surface area (Å²) in [5.74, 6) is -1.33. The molecule has 0 aliphatic heterocycles. The first-order valence-corrected chi connectivity index (χ1v) is 8.35. The molecule has 0 bridgehead atoms. The Labute approximate surface area is 159 Å². The van der Waals surface area contributed by atoms with E-state index in [2.05, 4.69) is 10.6 Å². The maximum absolute atomic E-state index is 12.9. The van der Waals surface area contributed by atoms with Crippen LogP contribution in [0.4, 0.5) is 24.5 Å². The van der Waals surface area contributed by atoms with Crippen LogP contribution in [0.5, 0.6) is 0 Å². The van der Waals surface area contributed by atoms with Crippen LogP contribution in [0.1, 0.15) is 25.0 Å². The van der Waals surface area contributed by atoms with Gasteiger partial charge < -0.3 is 10.6 Å². The highest BCUT2D eigenvalue weighted by Crippen LogP contribution is 2.36. The molecule has 27 heavy (non-hydrogen) atoms. The molecule has 2 aromatic carbocycles. The second kappa shape index (κ2) is 7.60. The minimum Gasteiger partial charge on any atom is -0.325 e. The predicted molar refractivity (Wildman–Crippen MR) is 98.7 cm³/mol. The molecular formula is C19H18ClF3N2O2. The molecule has 0 unspecified atom stereocenters. The Morgan fingerprint density at radius 2 is 1.48 bits per heavy atom. The van der Waals surface area contributed by atoms with E-state index in [9.17, 15) is 22.8 Å². The fourth-order valence-corrected chi connectivity index (χ4v) is 2.45. The number of alkyl halides is 3. The van der Waals surface area contributed by atoms with Gasteiger partial charge in [-0.2, -0.15) is 13.2 Å². The molecule has 0 fully saturated rings. The Morgan fingerprint density at radius 1 is 0.926 bits per heavy atom. The molecule has 4 nitrogen and oxygen atoms in total. The second-order valence-electron chi connectivity index (χ2n) is 6.60. The maximum Gasteiger partial charge on any atom is 0.417 e. The van der Waals surface area contributed by atoms with E-state index in [1.165, 1.54) is 19.9 Å². The fraction of sp³-hybridized carbons (Fsp3) is 0.263. The van der Waals surface area contributed by atoms with E-state index < -0.39 is 34.0 Å². The Balaban J connectivity index is 2.17. The molecule has 0 aliphatic rings. The van der Waals surface area contributed by atoms with E-state index in [0.29, 0.717) is 5.69 Å². The number of hydrogen-bond donors (Lipinski definition) is 2. The lowest BCUT2D eigenvalue weighted by Crippen LogP contribution is -2.41. The highest BCUT2D eigenvalue weighted by molar-refractivity contribution is 6.31.